The number of hydrogen-bond acceptors (Lipinski definition) is 4. The number of carboxylic acid groups (broad SMARTS) is 1. The van der Waals surface area contributed by atoms with Crippen LogP contribution in [0.2, 0.25) is 0 Å². The number of rotatable bonds is 4. The van der Waals surface area contributed by atoms with Gasteiger partial charge in [-0.25, -0.2) is 4.79 Å². The van der Waals surface area contributed by atoms with Crippen molar-refractivity contribution >= 4 is 5.97 Å². The third-order valence-electron chi connectivity index (χ3n) is 2.37. The first-order valence-corrected chi connectivity index (χ1v) is 5.24. The van der Waals surface area contributed by atoms with Crippen molar-refractivity contribution in [2.45, 2.75) is 6.61 Å². The van der Waals surface area contributed by atoms with Crippen molar-refractivity contribution in [2.75, 3.05) is 0 Å². The minimum atomic E-state index is -1.03. The fourth-order valence-electron chi connectivity index (χ4n) is 1.50. The first kappa shape index (κ1) is 12.0. The number of phenolic OH excluding ortho intramolecular Hbond substituents is 1. The highest BCUT2D eigenvalue weighted by atomic mass is 16.5. The van der Waals surface area contributed by atoms with Gasteiger partial charge in [-0.15, -0.1) is 0 Å². The largest absolute Gasteiger partial charge is 0.508 e. The summed E-state index contributed by atoms with van der Waals surface area (Å²) >= 11 is 0. The fraction of sp³-hybridized carbons (Fsp3) is 0.167. The zero-order valence-electron chi connectivity index (χ0n) is 9.70. The van der Waals surface area contributed by atoms with Crippen LogP contribution in [0.15, 0.2) is 30.3 Å². The summed E-state index contributed by atoms with van der Waals surface area (Å²) in [5.41, 5.74) is 0.641. The van der Waals surface area contributed by atoms with Crippen LogP contribution in [0.1, 0.15) is 16.2 Å². The summed E-state index contributed by atoms with van der Waals surface area (Å²) in [6, 6.07) is 7.72. The second-order valence-corrected chi connectivity index (χ2v) is 3.73. The van der Waals surface area contributed by atoms with Crippen LogP contribution < -0.4 is 4.74 Å². The van der Waals surface area contributed by atoms with Crippen molar-refractivity contribution < 1.29 is 19.7 Å². The molecule has 1 heterocycles. The van der Waals surface area contributed by atoms with Crippen LogP contribution in [0, 0.1) is 0 Å². The summed E-state index contributed by atoms with van der Waals surface area (Å²) in [4.78, 5) is 10.8. The van der Waals surface area contributed by atoms with Crippen LogP contribution >= 0.6 is 0 Å². The van der Waals surface area contributed by atoms with E-state index in [0.717, 1.165) is 0 Å². The standard InChI is InChI=1S/C12H12N2O4/c1-14-11(12(16)17)6-8(13-14)7-18-10-4-2-9(15)3-5-10/h2-6,15H,7H2,1H3,(H,16,17). The van der Waals surface area contributed by atoms with E-state index in [4.69, 9.17) is 14.9 Å². The molecular formula is C12H12N2O4. The molecule has 0 atom stereocenters. The Morgan fingerprint density at radius 2 is 2.06 bits per heavy atom. The van der Waals surface area contributed by atoms with Crippen LogP contribution in [0.25, 0.3) is 0 Å². The van der Waals surface area contributed by atoms with E-state index in [9.17, 15) is 4.79 Å². The van der Waals surface area contributed by atoms with Gasteiger partial charge in [0.25, 0.3) is 0 Å². The summed E-state index contributed by atoms with van der Waals surface area (Å²) in [5.74, 6) is -0.287. The molecule has 0 fully saturated rings. The summed E-state index contributed by atoms with van der Waals surface area (Å²) < 4.78 is 6.70. The van der Waals surface area contributed by atoms with Gasteiger partial charge < -0.3 is 14.9 Å². The SMILES string of the molecule is Cn1nc(COc2ccc(O)cc2)cc1C(=O)O. The number of carboxylic acids is 1. The molecule has 6 heteroatoms. The van der Waals surface area contributed by atoms with Crippen molar-refractivity contribution in [3.8, 4) is 11.5 Å². The molecule has 0 saturated carbocycles. The lowest BCUT2D eigenvalue weighted by Gasteiger charge is -2.03. The Labute approximate surface area is 103 Å². The van der Waals surface area contributed by atoms with Gasteiger partial charge in [-0.2, -0.15) is 5.10 Å². The number of carbonyl (C=O) groups is 1. The Bertz CT molecular complexity index is 560. The molecule has 2 N–H and O–H groups in total. The minimum absolute atomic E-state index is 0.110. The van der Waals surface area contributed by atoms with E-state index in [1.54, 1.807) is 19.2 Å². The maximum Gasteiger partial charge on any atom is 0.354 e. The third-order valence-corrected chi connectivity index (χ3v) is 2.37. The Kier molecular flexibility index (Phi) is 3.18. The summed E-state index contributed by atoms with van der Waals surface area (Å²) in [7, 11) is 1.56. The minimum Gasteiger partial charge on any atom is -0.508 e. The van der Waals surface area contributed by atoms with Crippen LogP contribution in [-0.4, -0.2) is 26.0 Å². The van der Waals surface area contributed by atoms with Gasteiger partial charge in [-0.05, 0) is 30.3 Å². The molecule has 0 aliphatic carbocycles. The van der Waals surface area contributed by atoms with Crippen molar-refractivity contribution in [3.63, 3.8) is 0 Å². The smallest absolute Gasteiger partial charge is 0.354 e. The average molecular weight is 248 g/mol. The van der Waals surface area contributed by atoms with Crippen LogP contribution in [0.5, 0.6) is 11.5 Å². The van der Waals surface area contributed by atoms with Crippen molar-refractivity contribution in [2.24, 2.45) is 7.05 Å². The molecule has 0 unspecified atom stereocenters. The Hall–Kier alpha value is -2.50. The number of phenols is 1. The maximum atomic E-state index is 10.8. The van der Waals surface area contributed by atoms with Gasteiger partial charge in [-0.3, -0.25) is 4.68 Å². The molecule has 2 rings (SSSR count). The number of aryl methyl sites for hydroxylation is 1. The van der Waals surface area contributed by atoms with Crippen molar-refractivity contribution in [1.82, 2.24) is 9.78 Å². The second-order valence-electron chi connectivity index (χ2n) is 3.73. The number of nitrogens with zero attached hydrogens (tertiary/aromatic N) is 2. The number of aromatic nitrogens is 2. The van der Waals surface area contributed by atoms with Crippen LogP contribution in [-0.2, 0) is 13.7 Å². The van der Waals surface area contributed by atoms with E-state index in [2.05, 4.69) is 5.10 Å². The van der Waals surface area contributed by atoms with E-state index in [1.807, 2.05) is 0 Å². The lowest BCUT2D eigenvalue weighted by Crippen LogP contribution is -2.04. The highest BCUT2D eigenvalue weighted by molar-refractivity contribution is 5.85. The van der Waals surface area contributed by atoms with E-state index in [1.165, 1.54) is 22.9 Å². The molecular weight excluding hydrogens is 236 g/mol. The van der Waals surface area contributed by atoms with E-state index in [0.29, 0.717) is 11.4 Å². The van der Waals surface area contributed by atoms with E-state index < -0.39 is 5.97 Å². The third kappa shape index (κ3) is 2.60. The van der Waals surface area contributed by atoms with Crippen molar-refractivity contribution in [1.29, 1.82) is 0 Å². The topological polar surface area (TPSA) is 84.6 Å². The van der Waals surface area contributed by atoms with Gasteiger partial charge >= 0.3 is 5.97 Å². The van der Waals surface area contributed by atoms with Crippen LogP contribution in [0.4, 0.5) is 0 Å². The van der Waals surface area contributed by atoms with Crippen molar-refractivity contribution in [3.05, 3.63) is 41.7 Å². The number of aromatic carboxylic acids is 1. The Morgan fingerprint density at radius 1 is 1.39 bits per heavy atom. The average Bonchev–Trinajstić information content (AvgIpc) is 2.70. The predicted molar refractivity (Wildman–Crippen MR) is 62.6 cm³/mol. The molecule has 0 bridgehead atoms. The molecule has 0 amide bonds. The molecule has 0 spiro atoms. The Balaban J connectivity index is 2.04. The number of benzene rings is 1. The first-order chi connectivity index (χ1) is 8.56. The number of hydrogen-bond donors (Lipinski definition) is 2. The van der Waals surface area contributed by atoms with E-state index in [-0.39, 0.29) is 18.1 Å². The highest BCUT2D eigenvalue weighted by Gasteiger charge is 2.11. The molecule has 0 aliphatic heterocycles. The maximum absolute atomic E-state index is 10.8. The molecule has 18 heavy (non-hydrogen) atoms. The quantitative estimate of drug-likeness (QED) is 0.854. The summed E-state index contributed by atoms with van der Waals surface area (Å²) in [6.07, 6.45) is 0. The molecule has 6 nitrogen and oxygen atoms in total. The van der Waals surface area contributed by atoms with Gasteiger partial charge in [0, 0.05) is 7.05 Å². The highest BCUT2D eigenvalue weighted by Crippen LogP contribution is 2.17. The number of aromatic hydroxyl groups is 1. The lowest BCUT2D eigenvalue weighted by molar-refractivity contribution is 0.0685. The normalized spacial score (nSPS) is 10.3. The second kappa shape index (κ2) is 4.79. The van der Waals surface area contributed by atoms with Gasteiger partial charge in [0.2, 0.25) is 0 Å². The fourth-order valence-corrected chi connectivity index (χ4v) is 1.50. The lowest BCUT2D eigenvalue weighted by atomic mass is 10.3. The molecule has 1 aromatic carbocycles. The zero-order valence-corrected chi connectivity index (χ0v) is 9.70. The molecule has 0 saturated heterocycles. The molecule has 1 aromatic heterocycles. The van der Waals surface area contributed by atoms with Gasteiger partial charge in [0.05, 0.1) is 0 Å². The molecule has 0 radical (unpaired) electrons. The van der Waals surface area contributed by atoms with Crippen LogP contribution in [0.3, 0.4) is 0 Å². The zero-order chi connectivity index (χ0) is 13.1. The van der Waals surface area contributed by atoms with E-state index >= 15 is 0 Å². The Morgan fingerprint density at radius 3 is 2.61 bits per heavy atom. The number of ether oxygens (including phenoxy) is 1. The summed E-state index contributed by atoms with van der Waals surface area (Å²) in [5, 5.41) is 22.0. The summed E-state index contributed by atoms with van der Waals surface area (Å²) in [6.45, 7) is 0.173. The first-order valence-electron chi connectivity index (χ1n) is 5.24. The van der Waals surface area contributed by atoms with Gasteiger partial charge in [-0.1, -0.05) is 0 Å². The molecule has 94 valence electrons. The molecule has 2 aromatic rings. The predicted octanol–water partition coefficient (Wildman–Crippen LogP) is 1.40. The van der Waals surface area contributed by atoms with Gasteiger partial charge in [0.1, 0.15) is 29.5 Å². The monoisotopic (exact) mass is 248 g/mol. The van der Waals surface area contributed by atoms with Gasteiger partial charge in [0.15, 0.2) is 0 Å². The molecule has 0 aliphatic rings.